The van der Waals surface area contributed by atoms with Crippen molar-refractivity contribution >= 4 is 23.4 Å². The van der Waals surface area contributed by atoms with Gasteiger partial charge in [-0.1, -0.05) is 24.3 Å². The summed E-state index contributed by atoms with van der Waals surface area (Å²) in [7, 11) is 1.50. The molecule has 124 valence electrons. The molecular weight excluding hydrogens is 306 g/mol. The van der Waals surface area contributed by atoms with Crippen LogP contribution in [0.4, 0.5) is 0 Å². The van der Waals surface area contributed by atoms with Crippen LogP contribution in [-0.4, -0.2) is 35.3 Å². The number of imide groups is 1. The summed E-state index contributed by atoms with van der Waals surface area (Å²) >= 11 is 0. The summed E-state index contributed by atoms with van der Waals surface area (Å²) in [6.07, 6.45) is 0. The zero-order chi connectivity index (χ0) is 17.3. The quantitative estimate of drug-likeness (QED) is 0.773. The van der Waals surface area contributed by atoms with E-state index in [-0.39, 0.29) is 35.2 Å². The number of carbonyl (C=O) groups is 4. The van der Waals surface area contributed by atoms with Gasteiger partial charge in [-0.15, -0.1) is 0 Å². The van der Waals surface area contributed by atoms with Gasteiger partial charge in [0.1, 0.15) is 11.6 Å². The van der Waals surface area contributed by atoms with Crippen LogP contribution in [0.1, 0.15) is 36.8 Å². The van der Waals surface area contributed by atoms with Gasteiger partial charge in [-0.3, -0.25) is 24.1 Å². The summed E-state index contributed by atoms with van der Waals surface area (Å²) in [6.45, 7) is 2.98. The molecule has 1 aromatic rings. The third-order valence-corrected chi connectivity index (χ3v) is 6.21. The van der Waals surface area contributed by atoms with E-state index in [4.69, 9.17) is 0 Å². The van der Waals surface area contributed by atoms with E-state index in [1.165, 1.54) is 25.8 Å². The highest BCUT2D eigenvalue weighted by atomic mass is 16.2. The van der Waals surface area contributed by atoms with Crippen molar-refractivity contribution in [2.24, 2.45) is 23.7 Å². The van der Waals surface area contributed by atoms with Crippen molar-refractivity contribution in [3.8, 4) is 0 Å². The number of ketones is 2. The smallest absolute Gasteiger partial charge is 0.233 e. The van der Waals surface area contributed by atoms with Gasteiger partial charge in [-0.2, -0.15) is 0 Å². The third kappa shape index (κ3) is 1.65. The first kappa shape index (κ1) is 15.2. The molecule has 4 aliphatic rings. The molecule has 2 bridgehead atoms. The van der Waals surface area contributed by atoms with Crippen LogP contribution >= 0.6 is 0 Å². The molecule has 0 radical (unpaired) electrons. The van der Waals surface area contributed by atoms with Crippen molar-refractivity contribution in [1.82, 2.24) is 4.90 Å². The van der Waals surface area contributed by atoms with Crippen molar-refractivity contribution in [3.05, 3.63) is 35.4 Å². The number of rotatable bonds is 2. The Morgan fingerprint density at radius 2 is 1.17 bits per heavy atom. The van der Waals surface area contributed by atoms with E-state index >= 15 is 0 Å². The van der Waals surface area contributed by atoms with Gasteiger partial charge in [0.15, 0.2) is 0 Å². The van der Waals surface area contributed by atoms with Crippen molar-refractivity contribution < 1.29 is 19.2 Å². The molecule has 5 rings (SSSR count). The number of benzene rings is 1. The third-order valence-electron chi connectivity index (χ3n) is 6.21. The highest BCUT2D eigenvalue weighted by molar-refractivity contribution is 6.08. The van der Waals surface area contributed by atoms with E-state index < -0.39 is 23.7 Å². The van der Waals surface area contributed by atoms with E-state index in [2.05, 4.69) is 0 Å². The first-order valence-corrected chi connectivity index (χ1v) is 8.27. The number of nitrogens with zero attached hydrogens (tertiary/aromatic N) is 1. The highest BCUT2D eigenvalue weighted by Crippen LogP contribution is 2.63. The minimum atomic E-state index is -0.521. The zero-order valence-electron chi connectivity index (χ0n) is 13.9. The highest BCUT2D eigenvalue weighted by Gasteiger charge is 2.66. The molecule has 0 N–H and O–H groups in total. The van der Waals surface area contributed by atoms with Crippen LogP contribution in [-0.2, 0) is 19.2 Å². The maximum absolute atomic E-state index is 12.7. The predicted octanol–water partition coefficient (Wildman–Crippen LogP) is 1.52. The summed E-state index contributed by atoms with van der Waals surface area (Å²) in [5.74, 6) is -3.45. The van der Waals surface area contributed by atoms with Gasteiger partial charge < -0.3 is 0 Å². The fourth-order valence-corrected chi connectivity index (χ4v) is 5.41. The standard InChI is InChI=1S/C19H19NO4/c1-8(21)12-13(9(2)22)15-11-7-5-4-6-10(11)14(12)16-17(15)19(24)20(3)18(16)23/h4-7,12-17H,1-3H3/t12-,13-,14-,15+,16-,17+/m0/s1. The van der Waals surface area contributed by atoms with Gasteiger partial charge in [0, 0.05) is 30.7 Å². The molecule has 0 spiro atoms. The van der Waals surface area contributed by atoms with Crippen LogP contribution in [0, 0.1) is 23.7 Å². The Morgan fingerprint density at radius 3 is 1.50 bits per heavy atom. The molecule has 1 saturated heterocycles. The summed E-state index contributed by atoms with van der Waals surface area (Å²) in [5.41, 5.74) is 1.91. The van der Waals surface area contributed by atoms with Crippen LogP contribution in [0.2, 0.25) is 0 Å². The largest absolute Gasteiger partial charge is 0.300 e. The van der Waals surface area contributed by atoms with E-state index in [0.717, 1.165) is 11.1 Å². The Hall–Kier alpha value is -2.30. The Labute approximate surface area is 140 Å². The minimum absolute atomic E-state index is 0.0760. The topological polar surface area (TPSA) is 71.5 Å². The van der Waals surface area contributed by atoms with E-state index in [0.29, 0.717) is 0 Å². The lowest BCUT2D eigenvalue weighted by molar-refractivity contribution is -0.142. The van der Waals surface area contributed by atoms with Crippen LogP contribution in [0.25, 0.3) is 0 Å². The molecule has 2 fully saturated rings. The molecule has 5 heteroatoms. The van der Waals surface area contributed by atoms with Gasteiger partial charge in [-0.25, -0.2) is 0 Å². The second-order valence-corrected chi connectivity index (χ2v) is 7.24. The molecule has 0 unspecified atom stereocenters. The summed E-state index contributed by atoms with van der Waals surface area (Å²) < 4.78 is 0. The van der Waals surface area contributed by atoms with Crippen LogP contribution in [0.5, 0.6) is 0 Å². The molecule has 1 saturated carbocycles. The van der Waals surface area contributed by atoms with Crippen molar-refractivity contribution in [3.63, 3.8) is 0 Å². The summed E-state index contributed by atoms with van der Waals surface area (Å²) in [5, 5.41) is 0. The summed E-state index contributed by atoms with van der Waals surface area (Å²) in [6, 6.07) is 7.65. The van der Waals surface area contributed by atoms with Gasteiger partial charge in [0.25, 0.3) is 0 Å². The minimum Gasteiger partial charge on any atom is -0.300 e. The first-order valence-electron chi connectivity index (χ1n) is 8.27. The Morgan fingerprint density at radius 1 is 0.792 bits per heavy atom. The van der Waals surface area contributed by atoms with E-state index in [9.17, 15) is 19.2 Å². The fourth-order valence-electron chi connectivity index (χ4n) is 5.41. The average molecular weight is 325 g/mol. The molecule has 3 aliphatic carbocycles. The molecule has 2 amide bonds. The molecular formula is C19H19NO4. The molecule has 1 aliphatic heterocycles. The van der Waals surface area contributed by atoms with Crippen LogP contribution in [0.15, 0.2) is 24.3 Å². The maximum atomic E-state index is 12.7. The van der Waals surface area contributed by atoms with Gasteiger partial charge in [-0.05, 0) is 25.0 Å². The molecule has 5 nitrogen and oxygen atoms in total. The zero-order valence-corrected chi connectivity index (χ0v) is 13.9. The molecule has 0 aromatic heterocycles. The predicted molar refractivity (Wildman–Crippen MR) is 85.0 cm³/mol. The van der Waals surface area contributed by atoms with E-state index in [1.54, 1.807) is 0 Å². The molecule has 24 heavy (non-hydrogen) atoms. The molecule has 1 aromatic carbocycles. The Bertz CT molecular complexity index is 725. The lowest BCUT2D eigenvalue weighted by Crippen LogP contribution is -2.53. The van der Waals surface area contributed by atoms with E-state index in [1.807, 2.05) is 24.3 Å². The SMILES string of the molecule is CC(=O)[C@H]1[C@H](C(C)=O)[C@@H]2c3ccccc3[C@H]1[C@H]1C(=O)N(C)C(=O)[C@H]12. The average Bonchev–Trinajstić information content (AvgIpc) is 2.79. The lowest BCUT2D eigenvalue weighted by Gasteiger charge is -2.52. The number of carbonyl (C=O) groups excluding carboxylic acids is 4. The second kappa shape index (κ2) is 4.85. The number of amides is 2. The monoisotopic (exact) mass is 325 g/mol. The Kier molecular flexibility index (Phi) is 3.08. The van der Waals surface area contributed by atoms with Gasteiger partial charge in [0.05, 0.1) is 11.8 Å². The number of likely N-dealkylation sites (tertiary alicyclic amines) is 1. The van der Waals surface area contributed by atoms with Crippen molar-refractivity contribution in [2.75, 3.05) is 7.05 Å². The van der Waals surface area contributed by atoms with Crippen molar-refractivity contribution in [1.29, 1.82) is 0 Å². The lowest BCUT2D eigenvalue weighted by atomic mass is 9.47. The Balaban J connectivity index is 2.01. The normalized spacial score (nSPS) is 36.5. The summed E-state index contributed by atoms with van der Waals surface area (Å²) in [4.78, 5) is 51.4. The number of Topliss-reactive ketones (excluding diaryl/α,β-unsaturated/α-hetero) is 2. The van der Waals surface area contributed by atoms with Gasteiger partial charge >= 0.3 is 0 Å². The van der Waals surface area contributed by atoms with Gasteiger partial charge in [0.2, 0.25) is 11.8 Å². The van der Waals surface area contributed by atoms with Crippen LogP contribution in [0.3, 0.4) is 0 Å². The fraction of sp³-hybridized carbons (Fsp3) is 0.474. The van der Waals surface area contributed by atoms with Crippen LogP contribution < -0.4 is 0 Å². The molecule has 1 heterocycles. The maximum Gasteiger partial charge on any atom is 0.233 e. The number of hydrogen-bond acceptors (Lipinski definition) is 4. The number of hydrogen-bond donors (Lipinski definition) is 0. The molecule has 6 atom stereocenters. The second-order valence-electron chi connectivity index (χ2n) is 7.24. The first-order chi connectivity index (χ1) is 11.4. The number of fused-ring (bicyclic) bond motifs is 1. The van der Waals surface area contributed by atoms with Crippen molar-refractivity contribution in [2.45, 2.75) is 25.7 Å².